The van der Waals surface area contributed by atoms with Crippen molar-refractivity contribution in [3.05, 3.63) is 45.5 Å². The number of Topliss-reactive ketones (excluding diaryl/α,β-unsaturated/α-hetero) is 1. The van der Waals surface area contributed by atoms with Crippen LogP contribution in [0.25, 0.3) is 0 Å². The van der Waals surface area contributed by atoms with Crippen molar-refractivity contribution in [1.29, 1.82) is 0 Å². The fraction of sp³-hybridized carbons (Fsp3) is 0.182. The van der Waals surface area contributed by atoms with Crippen molar-refractivity contribution >= 4 is 17.2 Å². The number of allylic oxidation sites excluding steroid dienone is 2. The summed E-state index contributed by atoms with van der Waals surface area (Å²) in [5.74, 6) is -0.414. The van der Waals surface area contributed by atoms with Gasteiger partial charge in [-0.25, -0.2) is 0 Å². The van der Waals surface area contributed by atoms with Crippen molar-refractivity contribution in [3.8, 4) is 0 Å². The molecule has 1 aliphatic heterocycles. The molecule has 0 atom stereocenters. The van der Waals surface area contributed by atoms with Gasteiger partial charge in [-0.15, -0.1) is 0 Å². The Hall–Kier alpha value is -2.17. The molecule has 5 heteroatoms. The number of carbonyl (C=O) groups is 1. The van der Waals surface area contributed by atoms with E-state index in [0.717, 1.165) is 0 Å². The van der Waals surface area contributed by atoms with Crippen LogP contribution in [0.1, 0.15) is 13.8 Å². The summed E-state index contributed by atoms with van der Waals surface area (Å²) in [4.78, 5) is 35.0. The van der Waals surface area contributed by atoms with Crippen molar-refractivity contribution in [2.75, 3.05) is 0 Å². The highest BCUT2D eigenvalue weighted by atomic mass is 16.3. The maximum absolute atomic E-state index is 11.9. The molecule has 0 fully saturated rings. The van der Waals surface area contributed by atoms with Crippen LogP contribution in [0, 0.1) is 9.81 Å². The number of hydrogen-bond acceptors (Lipinski definition) is 3. The van der Waals surface area contributed by atoms with E-state index in [0.29, 0.717) is 9.52 Å². The van der Waals surface area contributed by atoms with Gasteiger partial charge in [-0.1, -0.05) is 12.1 Å². The maximum Gasteiger partial charge on any atom is 0.376 e. The van der Waals surface area contributed by atoms with Crippen molar-refractivity contribution in [3.63, 3.8) is 0 Å². The topological polar surface area (TPSA) is 57.2 Å². The first kappa shape index (κ1) is 10.4. The number of ketones is 1. The van der Waals surface area contributed by atoms with Gasteiger partial charge in [0, 0.05) is 35.8 Å². The summed E-state index contributed by atoms with van der Waals surface area (Å²) in [6, 6.07) is 6.38. The molecule has 5 nitrogen and oxygen atoms in total. The smallest absolute Gasteiger partial charge is 0.287 e. The third-order valence-electron chi connectivity index (χ3n) is 2.50. The van der Waals surface area contributed by atoms with Gasteiger partial charge in [0.2, 0.25) is 5.78 Å². The maximum atomic E-state index is 11.9. The zero-order valence-electron chi connectivity index (χ0n) is 8.93. The van der Waals surface area contributed by atoms with Gasteiger partial charge in [0.15, 0.2) is 0 Å². The third kappa shape index (κ3) is 1.29. The van der Waals surface area contributed by atoms with Crippen molar-refractivity contribution in [2.45, 2.75) is 13.8 Å². The van der Waals surface area contributed by atoms with Gasteiger partial charge in [0.1, 0.15) is 0 Å². The number of para-hydroxylation sites is 2. The average molecular weight is 218 g/mol. The van der Waals surface area contributed by atoms with Gasteiger partial charge in [0.25, 0.3) is 0 Å². The number of benzene rings is 1. The zero-order chi connectivity index (χ0) is 11.9. The number of nitrogens with zero attached hydrogens (tertiary/aromatic N) is 2. The van der Waals surface area contributed by atoms with E-state index in [1.54, 1.807) is 18.2 Å². The minimum atomic E-state index is -0.414. The molecule has 2 rings (SSSR count). The normalized spacial score (nSPS) is 15.1. The average Bonchev–Trinajstić information content (AvgIpc) is 2.26. The highest BCUT2D eigenvalue weighted by molar-refractivity contribution is 5.92. The first-order valence-corrected chi connectivity index (χ1v) is 4.79. The Labute approximate surface area is 91.5 Å². The summed E-state index contributed by atoms with van der Waals surface area (Å²) in [6.45, 7) is 2.73. The van der Waals surface area contributed by atoms with Gasteiger partial charge in [0.05, 0.1) is 9.52 Å². The molecule has 1 heterocycles. The van der Waals surface area contributed by atoms with Gasteiger partial charge < -0.3 is 0 Å². The molecule has 1 aromatic rings. The van der Waals surface area contributed by atoms with Crippen LogP contribution in [-0.2, 0) is 4.79 Å². The molecule has 0 amide bonds. The zero-order valence-corrected chi connectivity index (χ0v) is 8.93. The predicted molar refractivity (Wildman–Crippen MR) is 56.4 cm³/mol. The van der Waals surface area contributed by atoms with Gasteiger partial charge >= 0.3 is 22.8 Å². The number of rotatable bonds is 1. The van der Waals surface area contributed by atoms with Crippen LogP contribution in [-0.4, -0.2) is 15.3 Å². The lowest BCUT2D eigenvalue weighted by Gasteiger charge is -2.01. The Kier molecular flexibility index (Phi) is 2.23. The molecule has 0 aliphatic carbocycles. The molecule has 0 N–H and O–H groups in total. The minimum absolute atomic E-state index is 0.103. The standard InChI is InChI=1S/C11H10N2O3/c1-7-11(8(2)14)13(16)10-6-4-3-5-9(10)12(7)15/h3-6H,1-2H3/q+2. The molecule has 0 unspecified atom stereocenters. The highest BCUT2D eigenvalue weighted by Crippen LogP contribution is 2.36. The highest BCUT2D eigenvalue weighted by Gasteiger charge is 2.47. The van der Waals surface area contributed by atoms with Crippen LogP contribution >= 0.6 is 0 Å². The van der Waals surface area contributed by atoms with E-state index < -0.39 is 5.78 Å². The SMILES string of the molecule is CC(=O)C1=C(C)[N+](=O)c2ccccc2[N+]1=O. The largest absolute Gasteiger partial charge is 0.376 e. The summed E-state index contributed by atoms with van der Waals surface area (Å²) >= 11 is 0. The van der Waals surface area contributed by atoms with E-state index in [-0.39, 0.29) is 22.8 Å². The van der Waals surface area contributed by atoms with E-state index >= 15 is 0 Å². The Bertz CT molecular complexity index is 558. The molecule has 0 saturated carbocycles. The second-order valence-electron chi connectivity index (χ2n) is 3.57. The van der Waals surface area contributed by atoms with Gasteiger partial charge in [-0.3, -0.25) is 4.79 Å². The fourth-order valence-corrected chi connectivity index (χ4v) is 1.75. The summed E-state index contributed by atoms with van der Waals surface area (Å²) in [5, 5.41) is 0. The Morgan fingerprint density at radius 3 is 2.06 bits per heavy atom. The molecule has 0 aromatic heterocycles. The van der Waals surface area contributed by atoms with E-state index in [1.165, 1.54) is 19.9 Å². The monoisotopic (exact) mass is 218 g/mol. The van der Waals surface area contributed by atoms with E-state index in [4.69, 9.17) is 0 Å². The molecule has 0 saturated heterocycles. The molecule has 0 radical (unpaired) electrons. The Morgan fingerprint density at radius 2 is 1.56 bits per heavy atom. The van der Waals surface area contributed by atoms with Crippen LogP contribution in [0.15, 0.2) is 35.7 Å². The lowest BCUT2D eigenvalue weighted by atomic mass is 10.1. The van der Waals surface area contributed by atoms with Crippen molar-refractivity contribution in [1.82, 2.24) is 0 Å². The van der Waals surface area contributed by atoms with Crippen LogP contribution in [0.5, 0.6) is 0 Å². The van der Waals surface area contributed by atoms with Crippen LogP contribution in [0.3, 0.4) is 0 Å². The third-order valence-corrected chi connectivity index (χ3v) is 2.50. The second kappa shape index (κ2) is 3.44. The number of fused-ring (bicyclic) bond motifs is 1. The predicted octanol–water partition coefficient (Wildman–Crippen LogP) is 2.34. The molecule has 1 aliphatic rings. The number of nitroso groups, excluding NO2 is 2. The molecular weight excluding hydrogens is 208 g/mol. The number of carbonyl (C=O) groups excluding carboxylic acids is 1. The molecule has 16 heavy (non-hydrogen) atoms. The molecule has 1 aromatic carbocycles. The summed E-state index contributed by atoms with van der Waals surface area (Å²) in [7, 11) is 0. The summed E-state index contributed by atoms with van der Waals surface area (Å²) in [5.41, 5.74) is 0.489. The second-order valence-corrected chi connectivity index (χ2v) is 3.57. The molecular formula is C11H10N2O3+2. The van der Waals surface area contributed by atoms with E-state index in [2.05, 4.69) is 0 Å². The Balaban J connectivity index is 2.73. The fourth-order valence-electron chi connectivity index (χ4n) is 1.75. The quantitative estimate of drug-likeness (QED) is 0.680. The Morgan fingerprint density at radius 1 is 1.06 bits per heavy atom. The first-order valence-electron chi connectivity index (χ1n) is 4.79. The minimum Gasteiger partial charge on any atom is -0.287 e. The van der Waals surface area contributed by atoms with Crippen LogP contribution in [0.4, 0.5) is 11.4 Å². The van der Waals surface area contributed by atoms with Crippen molar-refractivity contribution in [2.24, 2.45) is 0 Å². The molecule has 0 bridgehead atoms. The lowest BCUT2D eigenvalue weighted by Crippen LogP contribution is -2.20. The lowest BCUT2D eigenvalue weighted by molar-refractivity contribution is -0.484. The molecule has 0 spiro atoms. The van der Waals surface area contributed by atoms with Gasteiger partial charge in [-0.05, 0) is 0 Å². The molecule has 80 valence electrons. The number of hydrogen-bond donors (Lipinski definition) is 0. The van der Waals surface area contributed by atoms with Crippen LogP contribution in [0.2, 0.25) is 0 Å². The van der Waals surface area contributed by atoms with E-state index in [1.807, 2.05) is 0 Å². The van der Waals surface area contributed by atoms with E-state index in [9.17, 15) is 14.6 Å². The van der Waals surface area contributed by atoms with Crippen LogP contribution < -0.4 is 0 Å². The van der Waals surface area contributed by atoms with Crippen molar-refractivity contribution < 1.29 is 14.3 Å². The summed E-state index contributed by atoms with van der Waals surface area (Å²) < 4.78 is 1.13. The first-order chi connectivity index (χ1) is 7.54. The summed E-state index contributed by atoms with van der Waals surface area (Å²) in [6.07, 6.45) is 0. The van der Waals surface area contributed by atoms with Gasteiger partial charge in [-0.2, -0.15) is 0 Å².